The summed E-state index contributed by atoms with van der Waals surface area (Å²) < 4.78 is 5.47. The van der Waals surface area contributed by atoms with Crippen LogP contribution in [-0.2, 0) is 17.8 Å². The van der Waals surface area contributed by atoms with Gasteiger partial charge in [0.15, 0.2) is 6.40 Å². The van der Waals surface area contributed by atoms with Gasteiger partial charge in [0.25, 0.3) is 0 Å². The lowest BCUT2D eigenvalue weighted by Gasteiger charge is -2.20. The smallest absolute Gasteiger partial charge is 0.250 e. The van der Waals surface area contributed by atoms with Crippen LogP contribution in [0, 0.1) is 0 Å². The highest BCUT2D eigenvalue weighted by molar-refractivity contribution is 5.94. The molecule has 1 amide bonds. The molecule has 0 spiro atoms. The number of carbonyl (C=O) groups is 1. The second-order valence-electron chi connectivity index (χ2n) is 6.57. The lowest BCUT2D eigenvalue weighted by atomic mass is 10.1. The Balaban J connectivity index is 1.84. The molecular formula is C24H29N3O2. The highest BCUT2D eigenvalue weighted by Crippen LogP contribution is 2.13. The summed E-state index contributed by atoms with van der Waals surface area (Å²) >= 11 is 0. The van der Waals surface area contributed by atoms with E-state index in [9.17, 15) is 4.79 Å². The lowest BCUT2D eigenvalue weighted by molar-refractivity contribution is -0.114. The Bertz CT molecular complexity index is 840. The van der Waals surface area contributed by atoms with Crippen molar-refractivity contribution in [1.82, 2.24) is 4.90 Å². The second-order valence-corrected chi connectivity index (χ2v) is 6.57. The maximum absolute atomic E-state index is 11.2. The number of primary amides is 1. The maximum atomic E-state index is 11.2. The predicted molar refractivity (Wildman–Crippen MR) is 119 cm³/mol. The number of hydrogen-bond donors (Lipinski definition) is 1. The van der Waals surface area contributed by atoms with Crippen LogP contribution >= 0.6 is 0 Å². The van der Waals surface area contributed by atoms with Crippen LogP contribution in [-0.4, -0.2) is 30.3 Å². The van der Waals surface area contributed by atoms with Crippen LogP contribution < -0.4 is 10.5 Å². The molecule has 0 saturated heterocycles. The number of aliphatic imine (C=N–C) groups is 1. The van der Waals surface area contributed by atoms with E-state index in [-0.39, 0.29) is 0 Å². The second kappa shape index (κ2) is 12.3. The Morgan fingerprint density at radius 1 is 1.10 bits per heavy atom. The first-order chi connectivity index (χ1) is 14.1. The van der Waals surface area contributed by atoms with Gasteiger partial charge in [-0.15, -0.1) is 0 Å². The largest absolute Gasteiger partial charge is 0.446 e. The van der Waals surface area contributed by atoms with Crippen molar-refractivity contribution in [3.63, 3.8) is 0 Å². The van der Waals surface area contributed by atoms with E-state index in [0.29, 0.717) is 11.3 Å². The molecule has 2 aromatic rings. The number of hydrogen-bond acceptors (Lipinski definition) is 4. The van der Waals surface area contributed by atoms with Crippen LogP contribution in [0.5, 0.6) is 5.75 Å². The molecule has 5 nitrogen and oxygen atoms in total. The highest BCUT2D eigenvalue weighted by Gasteiger charge is 2.04. The third-order valence-electron chi connectivity index (χ3n) is 4.43. The Kier molecular flexibility index (Phi) is 9.39. The SMILES string of the molecule is C/C=C\C(=C/N=COc1ccc(CCN(CC)Cc2ccccc2)cc1)C(N)=O. The zero-order valence-corrected chi connectivity index (χ0v) is 17.1. The van der Waals surface area contributed by atoms with Gasteiger partial charge in [0.1, 0.15) is 5.75 Å². The third-order valence-corrected chi connectivity index (χ3v) is 4.43. The van der Waals surface area contributed by atoms with Crippen molar-refractivity contribution >= 4 is 12.3 Å². The molecular weight excluding hydrogens is 362 g/mol. The van der Waals surface area contributed by atoms with E-state index in [2.05, 4.69) is 53.2 Å². The summed E-state index contributed by atoms with van der Waals surface area (Å²) in [5, 5.41) is 0. The van der Waals surface area contributed by atoms with Crippen LogP contribution in [0.1, 0.15) is 25.0 Å². The molecule has 0 bridgehead atoms. The van der Waals surface area contributed by atoms with Gasteiger partial charge in [-0.2, -0.15) is 0 Å². The van der Waals surface area contributed by atoms with Crippen molar-refractivity contribution in [2.45, 2.75) is 26.8 Å². The van der Waals surface area contributed by atoms with Crippen LogP contribution in [0.4, 0.5) is 0 Å². The van der Waals surface area contributed by atoms with Gasteiger partial charge in [-0.3, -0.25) is 9.69 Å². The zero-order chi connectivity index (χ0) is 20.9. The first kappa shape index (κ1) is 22.1. The van der Waals surface area contributed by atoms with Crippen molar-refractivity contribution in [1.29, 1.82) is 0 Å². The van der Waals surface area contributed by atoms with E-state index in [1.807, 2.05) is 18.2 Å². The molecule has 0 radical (unpaired) electrons. The van der Waals surface area contributed by atoms with E-state index < -0.39 is 5.91 Å². The molecule has 2 N–H and O–H groups in total. The molecule has 0 saturated carbocycles. The fraction of sp³-hybridized carbons (Fsp3) is 0.250. The molecule has 0 aromatic heterocycles. The van der Waals surface area contributed by atoms with E-state index in [0.717, 1.165) is 26.1 Å². The summed E-state index contributed by atoms with van der Waals surface area (Å²) in [6.07, 6.45) is 6.98. The minimum Gasteiger partial charge on any atom is -0.446 e. The van der Waals surface area contributed by atoms with E-state index in [4.69, 9.17) is 10.5 Å². The molecule has 0 atom stereocenters. The third kappa shape index (κ3) is 8.15. The van der Waals surface area contributed by atoms with Crippen molar-refractivity contribution < 1.29 is 9.53 Å². The lowest BCUT2D eigenvalue weighted by Crippen LogP contribution is -2.25. The molecule has 2 rings (SSSR count). The van der Waals surface area contributed by atoms with Gasteiger partial charge in [-0.05, 0) is 43.1 Å². The van der Waals surface area contributed by atoms with Crippen LogP contribution in [0.15, 0.2) is 83.5 Å². The van der Waals surface area contributed by atoms with Gasteiger partial charge < -0.3 is 10.5 Å². The molecule has 152 valence electrons. The van der Waals surface area contributed by atoms with Crippen LogP contribution in [0.25, 0.3) is 0 Å². The average molecular weight is 392 g/mol. The predicted octanol–water partition coefficient (Wildman–Crippen LogP) is 4.10. The van der Waals surface area contributed by atoms with Crippen LogP contribution in [0.3, 0.4) is 0 Å². The molecule has 0 aliphatic carbocycles. The van der Waals surface area contributed by atoms with Crippen molar-refractivity contribution in [2.24, 2.45) is 10.7 Å². The summed E-state index contributed by atoms with van der Waals surface area (Å²) in [7, 11) is 0. The molecule has 0 aliphatic heterocycles. The van der Waals surface area contributed by atoms with Gasteiger partial charge in [-0.1, -0.05) is 61.5 Å². The van der Waals surface area contributed by atoms with E-state index in [1.165, 1.54) is 23.7 Å². The summed E-state index contributed by atoms with van der Waals surface area (Å²) in [5.74, 6) is 0.159. The minimum absolute atomic E-state index is 0.318. The first-order valence-electron chi connectivity index (χ1n) is 9.78. The van der Waals surface area contributed by atoms with Gasteiger partial charge in [0, 0.05) is 19.3 Å². The number of nitrogens with two attached hydrogens (primary N) is 1. The van der Waals surface area contributed by atoms with Gasteiger partial charge in [0.2, 0.25) is 5.91 Å². The van der Waals surface area contributed by atoms with Crippen LogP contribution in [0.2, 0.25) is 0 Å². The van der Waals surface area contributed by atoms with Crippen molar-refractivity contribution in [3.8, 4) is 5.75 Å². The van der Waals surface area contributed by atoms with E-state index >= 15 is 0 Å². The fourth-order valence-corrected chi connectivity index (χ4v) is 2.78. The Labute approximate surface area is 173 Å². The number of rotatable bonds is 11. The molecule has 0 aliphatic rings. The number of carbonyl (C=O) groups excluding carboxylic acids is 1. The monoisotopic (exact) mass is 391 g/mol. The summed E-state index contributed by atoms with van der Waals surface area (Å²) in [4.78, 5) is 17.6. The summed E-state index contributed by atoms with van der Waals surface area (Å²) in [6.45, 7) is 6.97. The number of benzene rings is 2. The molecule has 5 heteroatoms. The molecule has 0 fully saturated rings. The number of ether oxygens (including phenoxy) is 1. The molecule has 0 heterocycles. The topological polar surface area (TPSA) is 67.9 Å². The summed E-state index contributed by atoms with van der Waals surface area (Å²) in [6, 6.07) is 18.5. The average Bonchev–Trinajstić information content (AvgIpc) is 2.74. The maximum Gasteiger partial charge on any atom is 0.250 e. The van der Waals surface area contributed by atoms with Gasteiger partial charge in [0.05, 0.1) is 5.57 Å². The fourth-order valence-electron chi connectivity index (χ4n) is 2.78. The Morgan fingerprint density at radius 3 is 2.45 bits per heavy atom. The first-order valence-corrected chi connectivity index (χ1v) is 9.78. The number of likely N-dealkylation sites (N-methyl/N-ethyl adjacent to an activating group) is 1. The number of amides is 1. The standard InChI is InChI=1S/C24H29N3O2/c1-3-8-22(24(25)28)17-26-19-29-23-13-11-20(12-14-23)15-16-27(4-2)18-21-9-6-5-7-10-21/h3,5-14,17,19H,4,15-16,18H2,1-2H3,(H2,25,28)/b8-3-,22-17+,26-19?. The number of allylic oxidation sites excluding steroid dienone is 1. The highest BCUT2D eigenvalue weighted by atomic mass is 16.5. The van der Waals surface area contributed by atoms with Crippen molar-refractivity contribution in [2.75, 3.05) is 13.1 Å². The Hall–Kier alpha value is -3.18. The quantitative estimate of drug-likeness (QED) is 0.271. The summed E-state index contributed by atoms with van der Waals surface area (Å²) in [5.41, 5.74) is 8.17. The Morgan fingerprint density at radius 2 is 1.83 bits per heavy atom. The zero-order valence-electron chi connectivity index (χ0n) is 17.1. The van der Waals surface area contributed by atoms with Gasteiger partial charge >= 0.3 is 0 Å². The molecule has 0 unspecified atom stereocenters. The minimum atomic E-state index is -0.530. The number of nitrogens with zero attached hydrogens (tertiary/aromatic N) is 2. The van der Waals surface area contributed by atoms with Gasteiger partial charge in [-0.25, -0.2) is 4.99 Å². The van der Waals surface area contributed by atoms with E-state index in [1.54, 1.807) is 19.1 Å². The normalized spacial score (nSPS) is 12.2. The molecule has 2 aromatic carbocycles. The van der Waals surface area contributed by atoms with Crippen molar-refractivity contribution in [3.05, 3.63) is 89.6 Å². The molecule has 29 heavy (non-hydrogen) atoms.